The molecule has 1 N–H and O–H groups in total. The minimum Gasteiger partial charge on any atom is -0.394 e. The molecule has 0 radical (unpaired) electrons. The lowest BCUT2D eigenvalue weighted by Gasteiger charge is -2.15. The lowest BCUT2D eigenvalue weighted by molar-refractivity contribution is -0.0437. The van der Waals surface area contributed by atoms with Gasteiger partial charge >= 0.3 is 0 Å². The molecule has 3 atom stereocenters. The van der Waals surface area contributed by atoms with Gasteiger partial charge in [0.1, 0.15) is 6.10 Å². The van der Waals surface area contributed by atoms with E-state index in [-0.39, 0.29) is 12.7 Å². The maximum Gasteiger partial charge on any atom is 0.104 e. The lowest BCUT2D eigenvalue weighted by Crippen LogP contribution is -2.24. The SMILES string of the molecule is CCC(C)CCCCCCCCCCCOC[C@H](CO)OCCCCCCCCCCCC(C)CC. The Morgan fingerprint density at radius 3 is 1.25 bits per heavy atom. The van der Waals surface area contributed by atoms with E-state index in [1.165, 1.54) is 128 Å². The first-order valence-electron chi connectivity index (χ1n) is 16.4. The van der Waals surface area contributed by atoms with E-state index in [0.29, 0.717) is 6.61 Å². The van der Waals surface area contributed by atoms with E-state index in [1.54, 1.807) is 0 Å². The second-order valence-electron chi connectivity index (χ2n) is 11.7. The zero-order chi connectivity index (χ0) is 26.5. The van der Waals surface area contributed by atoms with Crippen LogP contribution in [0.15, 0.2) is 0 Å². The summed E-state index contributed by atoms with van der Waals surface area (Å²) in [6, 6.07) is 0. The third-order valence-corrected chi connectivity index (χ3v) is 8.08. The van der Waals surface area contributed by atoms with E-state index >= 15 is 0 Å². The molecule has 2 unspecified atom stereocenters. The maximum absolute atomic E-state index is 9.54. The topological polar surface area (TPSA) is 38.7 Å². The molecule has 36 heavy (non-hydrogen) atoms. The summed E-state index contributed by atoms with van der Waals surface area (Å²) in [6.07, 6.45) is 29.5. The molecular formula is C33H68O3. The van der Waals surface area contributed by atoms with Crippen LogP contribution >= 0.6 is 0 Å². The fourth-order valence-corrected chi connectivity index (χ4v) is 4.79. The molecule has 3 nitrogen and oxygen atoms in total. The molecule has 0 saturated heterocycles. The van der Waals surface area contributed by atoms with E-state index in [9.17, 15) is 5.11 Å². The zero-order valence-electron chi connectivity index (χ0n) is 25.4. The predicted molar refractivity (Wildman–Crippen MR) is 159 cm³/mol. The van der Waals surface area contributed by atoms with Crippen LogP contribution in [0.5, 0.6) is 0 Å². The van der Waals surface area contributed by atoms with Crippen molar-refractivity contribution in [1.29, 1.82) is 0 Å². The Kier molecular flexibility index (Phi) is 29.3. The molecule has 0 saturated carbocycles. The normalized spacial score (nSPS) is 14.2. The Labute approximate surface area is 227 Å². The van der Waals surface area contributed by atoms with Gasteiger partial charge in [0.25, 0.3) is 0 Å². The number of unbranched alkanes of at least 4 members (excludes halogenated alkanes) is 16. The van der Waals surface area contributed by atoms with Crippen LogP contribution in [0.25, 0.3) is 0 Å². The number of rotatable bonds is 30. The predicted octanol–water partition coefficient (Wildman–Crippen LogP) is 10.3. The van der Waals surface area contributed by atoms with E-state index in [0.717, 1.165) is 37.9 Å². The van der Waals surface area contributed by atoms with Crippen molar-refractivity contribution in [1.82, 2.24) is 0 Å². The molecule has 0 aliphatic rings. The Morgan fingerprint density at radius 2 is 0.861 bits per heavy atom. The van der Waals surface area contributed by atoms with Gasteiger partial charge in [-0.2, -0.15) is 0 Å². The highest BCUT2D eigenvalue weighted by Gasteiger charge is 2.07. The van der Waals surface area contributed by atoms with Crippen molar-refractivity contribution in [2.45, 2.75) is 175 Å². The minimum atomic E-state index is -0.152. The van der Waals surface area contributed by atoms with Crippen LogP contribution in [0, 0.1) is 11.8 Å². The molecule has 0 aromatic rings. The fourth-order valence-electron chi connectivity index (χ4n) is 4.79. The van der Waals surface area contributed by atoms with Crippen LogP contribution in [-0.2, 0) is 9.47 Å². The van der Waals surface area contributed by atoms with Crippen LogP contribution in [0.2, 0.25) is 0 Å². The molecular weight excluding hydrogens is 444 g/mol. The summed E-state index contributed by atoms with van der Waals surface area (Å²) >= 11 is 0. The van der Waals surface area contributed by atoms with Crippen molar-refractivity contribution in [3.05, 3.63) is 0 Å². The highest BCUT2D eigenvalue weighted by molar-refractivity contribution is 4.56. The quantitative estimate of drug-likeness (QED) is 0.0973. The number of aliphatic hydroxyl groups excluding tert-OH is 1. The van der Waals surface area contributed by atoms with Gasteiger partial charge in [-0.15, -0.1) is 0 Å². The van der Waals surface area contributed by atoms with Crippen molar-refractivity contribution < 1.29 is 14.6 Å². The third kappa shape index (κ3) is 26.9. The molecule has 0 aromatic heterocycles. The van der Waals surface area contributed by atoms with Crippen molar-refractivity contribution >= 4 is 0 Å². The van der Waals surface area contributed by atoms with Gasteiger partial charge in [0.2, 0.25) is 0 Å². The first kappa shape index (κ1) is 35.9. The highest BCUT2D eigenvalue weighted by atomic mass is 16.5. The second-order valence-corrected chi connectivity index (χ2v) is 11.7. The first-order chi connectivity index (χ1) is 17.6. The molecule has 0 fully saturated rings. The van der Waals surface area contributed by atoms with Gasteiger partial charge in [0.15, 0.2) is 0 Å². The summed E-state index contributed by atoms with van der Waals surface area (Å²) in [5, 5.41) is 9.54. The van der Waals surface area contributed by atoms with Crippen LogP contribution in [-0.4, -0.2) is 37.6 Å². The standard InChI is InChI=1S/C33H68O3/c1-5-31(3)25-21-17-13-9-7-11-15-19-23-27-35-30-33(29-34)36-28-24-20-16-12-8-10-14-18-22-26-32(4)6-2/h31-34H,5-30H2,1-4H3/t31?,32?,33-/m0/s1. The molecule has 0 rings (SSSR count). The van der Waals surface area contributed by atoms with Crippen LogP contribution < -0.4 is 0 Å². The number of ether oxygens (including phenoxy) is 2. The first-order valence-corrected chi connectivity index (χ1v) is 16.4. The average molecular weight is 513 g/mol. The number of aliphatic hydroxyl groups is 1. The van der Waals surface area contributed by atoms with E-state index in [2.05, 4.69) is 27.7 Å². The van der Waals surface area contributed by atoms with Gasteiger partial charge in [-0.3, -0.25) is 0 Å². The van der Waals surface area contributed by atoms with Crippen LogP contribution in [0.1, 0.15) is 169 Å². The average Bonchev–Trinajstić information content (AvgIpc) is 2.90. The summed E-state index contributed by atoms with van der Waals surface area (Å²) in [6.45, 7) is 11.5. The Bertz CT molecular complexity index is 400. The Hall–Kier alpha value is -0.120. The fraction of sp³-hybridized carbons (Fsp3) is 1.00. The van der Waals surface area contributed by atoms with Gasteiger partial charge in [0, 0.05) is 13.2 Å². The monoisotopic (exact) mass is 513 g/mol. The third-order valence-electron chi connectivity index (χ3n) is 8.08. The molecule has 0 bridgehead atoms. The lowest BCUT2D eigenvalue weighted by atomic mass is 9.99. The summed E-state index contributed by atoms with van der Waals surface area (Å²) in [4.78, 5) is 0. The second kappa shape index (κ2) is 29.4. The zero-order valence-corrected chi connectivity index (χ0v) is 25.4. The van der Waals surface area contributed by atoms with Gasteiger partial charge < -0.3 is 14.6 Å². The van der Waals surface area contributed by atoms with Gasteiger partial charge in [-0.05, 0) is 24.7 Å². The molecule has 0 spiro atoms. The number of hydrogen-bond donors (Lipinski definition) is 1. The van der Waals surface area contributed by atoms with Crippen molar-refractivity contribution in [2.75, 3.05) is 26.4 Å². The highest BCUT2D eigenvalue weighted by Crippen LogP contribution is 2.16. The van der Waals surface area contributed by atoms with Crippen molar-refractivity contribution in [3.63, 3.8) is 0 Å². The van der Waals surface area contributed by atoms with Gasteiger partial charge in [-0.1, -0.05) is 156 Å². The Balaban J connectivity index is 3.30. The molecule has 3 heteroatoms. The van der Waals surface area contributed by atoms with Crippen molar-refractivity contribution in [2.24, 2.45) is 11.8 Å². The van der Waals surface area contributed by atoms with E-state index in [4.69, 9.17) is 9.47 Å². The molecule has 0 amide bonds. The molecule has 0 aliphatic carbocycles. The molecule has 0 aromatic carbocycles. The van der Waals surface area contributed by atoms with E-state index < -0.39 is 0 Å². The molecule has 0 heterocycles. The summed E-state index contributed by atoms with van der Waals surface area (Å²) < 4.78 is 11.6. The van der Waals surface area contributed by atoms with E-state index in [1.807, 2.05) is 0 Å². The summed E-state index contributed by atoms with van der Waals surface area (Å²) in [5.41, 5.74) is 0. The smallest absolute Gasteiger partial charge is 0.104 e. The van der Waals surface area contributed by atoms with Crippen LogP contribution in [0.3, 0.4) is 0 Å². The minimum absolute atomic E-state index is 0.0639. The van der Waals surface area contributed by atoms with Crippen LogP contribution in [0.4, 0.5) is 0 Å². The number of hydrogen-bond acceptors (Lipinski definition) is 3. The Morgan fingerprint density at radius 1 is 0.500 bits per heavy atom. The summed E-state index contributed by atoms with van der Waals surface area (Å²) in [7, 11) is 0. The van der Waals surface area contributed by atoms with Gasteiger partial charge in [0.05, 0.1) is 13.2 Å². The largest absolute Gasteiger partial charge is 0.394 e. The van der Waals surface area contributed by atoms with Gasteiger partial charge in [-0.25, -0.2) is 0 Å². The summed E-state index contributed by atoms with van der Waals surface area (Å²) in [5.74, 6) is 1.82. The molecule has 0 aliphatic heterocycles. The van der Waals surface area contributed by atoms with Crippen molar-refractivity contribution in [3.8, 4) is 0 Å². The molecule has 218 valence electrons. The maximum atomic E-state index is 9.54.